The third-order valence-electron chi connectivity index (χ3n) is 4.60. The molecule has 4 nitrogen and oxygen atoms in total. The summed E-state index contributed by atoms with van der Waals surface area (Å²) in [4.78, 5) is 16.5. The fraction of sp³-hybridized carbons (Fsp3) is 0.350. The number of amides is 1. The quantitative estimate of drug-likeness (QED) is 0.797. The lowest BCUT2D eigenvalue weighted by molar-refractivity contribution is -0.130. The summed E-state index contributed by atoms with van der Waals surface area (Å²) in [7, 11) is 1.65. The molecule has 1 aliphatic heterocycles. The van der Waals surface area contributed by atoms with Gasteiger partial charge in [0.05, 0.1) is 7.11 Å². The summed E-state index contributed by atoms with van der Waals surface area (Å²) in [6.07, 6.45) is 0.461. The number of methoxy groups -OCH3 is 1. The van der Waals surface area contributed by atoms with Gasteiger partial charge in [-0.15, -0.1) is 0 Å². The van der Waals surface area contributed by atoms with Crippen molar-refractivity contribution < 1.29 is 13.9 Å². The highest BCUT2D eigenvalue weighted by Gasteiger charge is 2.22. The Morgan fingerprint density at radius 2 is 1.96 bits per heavy atom. The van der Waals surface area contributed by atoms with Gasteiger partial charge in [0.1, 0.15) is 11.6 Å². The predicted molar refractivity (Wildman–Crippen MR) is 99.7 cm³/mol. The van der Waals surface area contributed by atoms with Crippen LogP contribution in [-0.2, 0) is 17.9 Å². The van der Waals surface area contributed by atoms with Gasteiger partial charge in [0.2, 0.25) is 5.91 Å². The van der Waals surface area contributed by atoms with E-state index in [2.05, 4.69) is 11.0 Å². The van der Waals surface area contributed by atoms with Crippen molar-refractivity contribution in [1.29, 1.82) is 0 Å². The predicted octanol–water partition coefficient (Wildman–Crippen LogP) is 3.72. The number of ether oxygens (including phenoxy) is 1. The van der Waals surface area contributed by atoms with Gasteiger partial charge < -0.3 is 9.64 Å². The van der Waals surface area contributed by atoms with E-state index in [1.807, 2.05) is 18.2 Å². The Labute approximate surface area is 158 Å². The van der Waals surface area contributed by atoms with E-state index in [1.54, 1.807) is 18.1 Å². The van der Waals surface area contributed by atoms with E-state index in [1.165, 1.54) is 12.1 Å². The summed E-state index contributed by atoms with van der Waals surface area (Å²) in [6, 6.07) is 12.3. The minimum Gasteiger partial charge on any atom is -0.497 e. The molecule has 0 aromatic heterocycles. The molecule has 1 fully saturated rings. The smallest absolute Gasteiger partial charge is 0.224 e. The van der Waals surface area contributed by atoms with Crippen molar-refractivity contribution >= 4 is 17.5 Å². The zero-order valence-electron chi connectivity index (χ0n) is 14.8. The summed E-state index contributed by atoms with van der Waals surface area (Å²) in [6.45, 7) is 3.29. The highest BCUT2D eigenvalue weighted by atomic mass is 35.5. The summed E-state index contributed by atoms with van der Waals surface area (Å²) in [5.41, 5.74) is 1.93. The number of rotatable bonds is 5. The normalized spacial score (nSPS) is 15.8. The number of carbonyl (C=O) groups excluding carboxylic acids is 1. The molecule has 0 radical (unpaired) electrons. The largest absolute Gasteiger partial charge is 0.497 e. The first-order valence-corrected chi connectivity index (χ1v) is 9.00. The second-order valence-electron chi connectivity index (χ2n) is 6.43. The fourth-order valence-electron chi connectivity index (χ4n) is 3.12. The number of hydrogen-bond acceptors (Lipinski definition) is 3. The average Bonchev–Trinajstić information content (AvgIpc) is 2.80. The molecular formula is C20H22ClFN2O2. The molecule has 0 atom stereocenters. The molecule has 1 saturated heterocycles. The zero-order chi connectivity index (χ0) is 18.5. The molecule has 0 spiro atoms. The number of hydrogen-bond donors (Lipinski definition) is 0. The van der Waals surface area contributed by atoms with E-state index < -0.39 is 0 Å². The summed E-state index contributed by atoms with van der Waals surface area (Å²) in [5, 5.41) is 0.357. The third-order valence-corrected chi connectivity index (χ3v) is 4.95. The maximum atomic E-state index is 13.2. The molecule has 1 aliphatic rings. The van der Waals surface area contributed by atoms with Gasteiger partial charge in [0.25, 0.3) is 0 Å². The van der Waals surface area contributed by atoms with Crippen LogP contribution in [0.4, 0.5) is 4.39 Å². The summed E-state index contributed by atoms with van der Waals surface area (Å²) < 4.78 is 18.5. The Kier molecular flexibility index (Phi) is 6.12. The van der Waals surface area contributed by atoms with Gasteiger partial charge in [0.15, 0.2) is 0 Å². The van der Waals surface area contributed by atoms with Crippen molar-refractivity contribution in [2.45, 2.75) is 19.5 Å². The third kappa shape index (κ3) is 4.74. The van der Waals surface area contributed by atoms with Gasteiger partial charge in [0, 0.05) is 44.2 Å². The molecule has 26 heavy (non-hydrogen) atoms. The number of carbonyl (C=O) groups is 1. The standard InChI is InChI=1S/C20H22ClFN2O2/c1-26-18-4-2-3-15(11-18)13-23-8-7-20(25)24(10-9-23)14-16-5-6-17(22)12-19(16)21/h2-6,11-12H,7-10,13-14H2,1H3. The maximum absolute atomic E-state index is 13.2. The van der Waals surface area contributed by atoms with Crippen LogP contribution >= 0.6 is 11.6 Å². The molecule has 0 N–H and O–H groups in total. The maximum Gasteiger partial charge on any atom is 0.224 e. The van der Waals surface area contributed by atoms with Crippen LogP contribution in [0.1, 0.15) is 17.5 Å². The van der Waals surface area contributed by atoms with E-state index in [-0.39, 0.29) is 11.7 Å². The number of nitrogens with zero attached hydrogens (tertiary/aromatic N) is 2. The molecule has 1 amide bonds. The minimum absolute atomic E-state index is 0.0959. The Morgan fingerprint density at radius 1 is 1.12 bits per heavy atom. The Hall–Kier alpha value is -2.11. The van der Waals surface area contributed by atoms with E-state index in [0.717, 1.165) is 30.0 Å². The lowest BCUT2D eigenvalue weighted by atomic mass is 10.2. The minimum atomic E-state index is -0.370. The SMILES string of the molecule is COc1cccc(CN2CCC(=O)N(Cc3ccc(F)cc3Cl)CC2)c1. The Morgan fingerprint density at radius 3 is 2.73 bits per heavy atom. The molecule has 3 rings (SSSR count). The lowest BCUT2D eigenvalue weighted by Crippen LogP contribution is -2.32. The molecule has 138 valence electrons. The van der Waals surface area contributed by atoms with E-state index in [4.69, 9.17) is 16.3 Å². The highest BCUT2D eigenvalue weighted by Crippen LogP contribution is 2.21. The van der Waals surface area contributed by atoms with Gasteiger partial charge in [-0.2, -0.15) is 0 Å². The van der Waals surface area contributed by atoms with E-state index in [9.17, 15) is 9.18 Å². The molecule has 0 saturated carbocycles. The van der Waals surface area contributed by atoms with Crippen molar-refractivity contribution in [2.75, 3.05) is 26.7 Å². The first-order valence-electron chi connectivity index (χ1n) is 8.62. The number of benzene rings is 2. The van der Waals surface area contributed by atoms with Gasteiger partial charge in [-0.25, -0.2) is 4.39 Å². The van der Waals surface area contributed by atoms with Crippen LogP contribution in [0.2, 0.25) is 5.02 Å². The van der Waals surface area contributed by atoms with Gasteiger partial charge in [-0.1, -0.05) is 29.8 Å². The topological polar surface area (TPSA) is 32.8 Å². The van der Waals surface area contributed by atoms with Crippen LogP contribution in [-0.4, -0.2) is 42.5 Å². The van der Waals surface area contributed by atoms with Gasteiger partial charge >= 0.3 is 0 Å². The molecule has 2 aromatic carbocycles. The average molecular weight is 377 g/mol. The first kappa shape index (κ1) is 18.7. The molecule has 0 aliphatic carbocycles. The van der Waals surface area contributed by atoms with E-state index in [0.29, 0.717) is 31.1 Å². The van der Waals surface area contributed by atoms with Crippen molar-refractivity contribution in [3.63, 3.8) is 0 Å². The van der Waals surface area contributed by atoms with Crippen LogP contribution < -0.4 is 4.74 Å². The van der Waals surface area contributed by atoms with Gasteiger partial charge in [-0.3, -0.25) is 9.69 Å². The number of halogens is 2. The van der Waals surface area contributed by atoms with Crippen LogP contribution in [0.25, 0.3) is 0 Å². The molecule has 0 unspecified atom stereocenters. The molecule has 2 aromatic rings. The van der Waals surface area contributed by atoms with Crippen LogP contribution in [0, 0.1) is 5.82 Å². The van der Waals surface area contributed by atoms with Crippen molar-refractivity contribution in [2.24, 2.45) is 0 Å². The zero-order valence-corrected chi connectivity index (χ0v) is 15.5. The molecule has 0 bridgehead atoms. The molecule has 6 heteroatoms. The monoisotopic (exact) mass is 376 g/mol. The van der Waals surface area contributed by atoms with Crippen molar-refractivity contribution in [3.8, 4) is 5.75 Å². The summed E-state index contributed by atoms with van der Waals surface area (Å²) in [5.74, 6) is 0.560. The second kappa shape index (κ2) is 8.52. The van der Waals surface area contributed by atoms with Crippen LogP contribution in [0.3, 0.4) is 0 Å². The Balaban J connectivity index is 1.63. The van der Waals surface area contributed by atoms with Gasteiger partial charge in [-0.05, 0) is 35.4 Å². The summed E-state index contributed by atoms with van der Waals surface area (Å²) >= 11 is 6.10. The molecular weight excluding hydrogens is 355 g/mol. The van der Waals surface area contributed by atoms with E-state index >= 15 is 0 Å². The second-order valence-corrected chi connectivity index (χ2v) is 6.84. The lowest BCUT2D eigenvalue weighted by Gasteiger charge is -2.22. The van der Waals surface area contributed by atoms with Crippen molar-refractivity contribution in [1.82, 2.24) is 9.80 Å². The van der Waals surface area contributed by atoms with Crippen molar-refractivity contribution in [3.05, 3.63) is 64.4 Å². The highest BCUT2D eigenvalue weighted by molar-refractivity contribution is 6.31. The fourth-order valence-corrected chi connectivity index (χ4v) is 3.35. The first-order chi connectivity index (χ1) is 12.5. The van der Waals surface area contributed by atoms with Crippen LogP contribution in [0.15, 0.2) is 42.5 Å². The Bertz CT molecular complexity index is 784. The van der Waals surface area contributed by atoms with Crippen LogP contribution in [0.5, 0.6) is 5.75 Å². The molecule has 1 heterocycles.